The van der Waals surface area contributed by atoms with Crippen LogP contribution in [-0.4, -0.2) is 78.2 Å². The van der Waals surface area contributed by atoms with Gasteiger partial charge in [-0.05, 0) is 127 Å². The molecule has 0 bridgehead atoms. The summed E-state index contributed by atoms with van der Waals surface area (Å²) in [6.07, 6.45) is -3.78. The van der Waals surface area contributed by atoms with E-state index < -0.39 is 36.2 Å². The molecule has 0 amide bonds. The number of hydrogen-bond acceptors (Lipinski definition) is 12. The molecule has 3 unspecified atom stereocenters. The highest BCUT2D eigenvalue weighted by molar-refractivity contribution is 6.32. The summed E-state index contributed by atoms with van der Waals surface area (Å²) in [4.78, 5) is 39.7. The highest BCUT2D eigenvalue weighted by Gasteiger charge is 2.28. The van der Waals surface area contributed by atoms with E-state index in [-0.39, 0.29) is 17.2 Å². The normalized spacial score (nSPS) is 12.1. The Morgan fingerprint density at radius 1 is 0.310 bits per heavy atom. The first-order chi connectivity index (χ1) is 40.5. The van der Waals surface area contributed by atoms with Crippen LogP contribution in [0.25, 0.3) is 50.2 Å². The molecule has 12 rings (SSSR count). The first-order valence-corrected chi connectivity index (χ1v) is 27.1. The molecule has 3 N–H and O–H groups in total. The number of nitrogens with zero attached hydrogens (tertiary/aromatic N) is 9. The van der Waals surface area contributed by atoms with Gasteiger partial charge in [-0.2, -0.15) is 0 Å². The fourth-order valence-corrected chi connectivity index (χ4v) is 9.41. The quantitative estimate of drug-likeness (QED) is 0.0866. The zero-order valence-corrected chi connectivity index (χ0v) is 47.4. The summed E-state index contributed by atoms with van der Waals surface area (Å²) < 4.78 is 17.5. The Bertz CT molecular complexity index is 3870. The van der Waals surface area contributed by atoms with Crippen molar-refractivity contribution in [3.8, 4) is 34.3 Å². The van der Waals surface area contributed by atoms with E-state index in [1.165, 1.54) is 14.4 Å². The van der Waals surface area contributed by atoms with Gasteiger partial charge in [0, 0.05) is 46.8 Å². The second-order valence-corrected chi connectivity index (χ2v) is 20.6. The Labute approximate surface area is 506 Å². The number of fused-ring (bicyclic) bond motifs is 3. The van der Waals surface area contributed by atoms with Gasteiger partial charge in [0.1, 0.15) is 67.4 Å². The number of carbonyl (C=O) groups is 3. The minimum Gasteiger partial charge on any atom is -0.478 e. The first-order valence-electron chi connectivity index (χ1n) is 24.8. The van der Waals surface area contributed by atoms with E-state index in [2.05, 4.69) is 30.6 Å². The number of benzene rings is 9. The molecule has 0 aliphatic heterocycles. The van der Waals surface area contributed by atoms with Crippen molar-refractivity contribution < 1.29 is 43.9 Å². The van der Waals surface area contributed by atoms with Crippen LogP contribution in [0.5, 0.6) is 17.2 Å². The molecule has 0 spiro atoms. The molecule has 0 saturated carbocycles. The fraction of sp³-hybridized carbons (Fsp3) is 0.0500. The summed E-state index contributed by atoms with van der Waals surface area (Å²) >= 11 is 36.4. The smallest absolute Gasteiger partial charge is 0.349 e. The van der Waals surface area contributed by atoms with Gasteiger partial charge in [0.25, 0.3) is 0 Å². The van der Waals surface area contributed by atoms with Crippen molar-refractivity contribution in [2.24, 2.45) is 0 Å². The Kier molecular flexibility index (Phi) is 17.9. The molecule has 0 radical (unpaired) electrons. The van der Waals surface area contributed by atoms with Crippen molar-refractivity contribution in [1.29, 1.82) is 0 Å². The molecule has 18 nitrogen and oxygen atoms in total. The molecule has 24 heteroatoms. The van der Waals surface area contributed by atoms with Gasteiger partial charge in [0.2, 0.25) is 18.3 Å². The van der Waals surface area contributed by atoms with Crippen LogP contribution in [0.15, 0.2) is 200 Å². The number of ether oxygens (including phenoxy) is 3. The van der Waals surface area contributed by atoms with Gasteiger partial charge in [-0.25, -0.2) is 14.4 Å². The second kappa shape index (κ2) is 25.9. The van der Waals surface area contributed by atoms with Gasteiger partial charge in [0.15, 0.2) is 0 Å². The van der Waals surface area contributed by atoms with Crippen LogP contribution >= 0.6 is 69.6 Å². The number of carboxylic acids is 3. The molecule has 12 aromatic rings. The van der Waals surface area contributed by atoms with Crippen molar-refractivity contribution in [3.05, 3.63) is 247 Å². The largest absolute Gasteiger partial charge is 0.478 e. The number of aromatic nitrogens is 9. The average molecular weight is 1240 g/mol. The topological polar surface area (TPSA) is 232 Å². The number of halogens is 6. The summed E-state index contributed by atoms with van der Waals surface area (Å²) in [5, 5.41) is 58.2. The minimum absolute atomic E-state index is 0.275. The summed E-state index contributed by atoms with van der Waals surface area (Å²) in [5.41, 5.74) is 6.69. The van der Waals surface area contributed by atoms with Gasteiger partial charge in [-0.15, -0.1) is 45.0 Å². The SMILES string of the molecule is O=C(O)C(Oc1ccc(Cl)cc1-n1nc2ccccc2n1)c1cccc(Cl)c1.O=C(O)C(Oc1ccc(Cl)cc1-n1nc2ccccc2n1)c1cccc(Cl)c1.O=C(O)C(Oc1ccc(Cl)cc1-n1nc2ccccc2n1)c1cccc(Cl)c1. The van der Waals surface area contributed by atoms with E-state index in [4.69, 9.17) is 83.8 Å². The van der Waals surface area contributed by atoms with E-state index in [1.807, 2.05) is 72.8 Å². The van der Waals surface area contributed by atoms with Gasteiger partial charge < -0.3 is 29.5 Å². The maximum absolute atomic E-state index is 11.8. The number of hydrogen-bond donors (Lipinski definition) is 3. The molecule has 3 heterocycles. The molecule has 0 fully saturated rings. The van der Waals surface area contributed by atoms with Crippen molar-refractivity contribution in [3.63, 3.8) is 0 Å². The highest BCUT2D eigenvalue weighted by atomic mass is 35.5. The monoisotopic (exact) mass is 1240 g/mol. The first kappa shape index (κ1) is 57.9. The Hall–Kier alpha value is -9.27. The fourth-order valence-electron chi connectivity index (χ4n) is 8.31. The predicted molar refractivity (Wildman–Crippen MR) is 319 cm³/mol. The highest BCUT2D eigenvalue weighted by Crippen LogP contribution is 2.35. The van der Waals surface area contributed by atoms with Crippen molar-refractivity contribution in [1.82, 2.24) is 45.0 Å². The third kappa shape index (κ3) is 13.8. The molecule has 0 saturated heterocycles. The average Bonchev–Trinajstić information content (AvgIpc) is 4.32. The second-order valence-electron chi connectivity index (χ2n) is 17.9. The van der Waals surface area contributed by atoms with Gasteiger partial charge in [-0.1, -0.05) is 142 Å². The van der Waals surface area contributed by atoms with Crippen LogP contribution in [0.3, 0.4) is 0 Å². The molecular formula is C60H39Cl6N9O9. The summed E-state index contributed by atoms with van der Waals surface area (Å²) in [5.74, 6) is -2.63. The van der Waals surface area contributed by atoms with Gasteiger partial charge in [0.05, 0.1) is 0 Å². The van der Waals surface area contributed by atoms with Gasteiger partial charge in [-0.3, -0.25) is 0 Å². The lowest BCUT2D eigenvalue weighted by atomic mass is 10.1. The van der Waals surface area contributed by atoms with Gasteiger partial charge >= 0.3 is 17.9 Å². The molecule has 3 atom stereocenters. The van der Waals surface area contributed by atoms with E-state index >= 15 is 0 Å². The van der Waals surface area contributed by atoms with E-state index in [1.54, 1.807) is 127 Å². The van der Waals surface area contributed by atoms with Crippen LogP contribution in [0, 0.1) is 0 Å². The van der Waals surface area contributed by atoms with Crippen LogP contribution in [0.1, 0.15) is 35.0 Å². The van der Waals surface area contributed by atoms with E-state index in [0.717, 1.165) is 0 Å². The maximum Gasteiger partial charge on any atom is 0.349 e. The molecule has 3 aromatic heterocycles. The van der Waals surface area contributed by atoms with Crippen molar-refractivity contribution in [2.45, 2.75) is 18.3 Å². The minimum atomic E-state index is -1.26. The molecule has 420 valence electrons. The number of aliphatic carboxylic acids is 3. The molecule has 0 aliphatic carbocycles. The molecule has 84 heavy (non-hydrogen) atoms. The maximum atomic E-state index is 11.8. The lowest BCUT2D eigenvalue weighted by Crippen LogP contribution is -2.19. The third-order valence-electron chi connectivity index (χ3n) is 12.1. The standard InChI is InChI=1S/3C20H13Cl2N3O3/c3*21-13-5-3-4-12(10-13)19(20(26)27)28-18-9-8-14(22)11-17(18)25-23-15-6-1-2-7-16(15)24-25/h3*1-11,19H,(H,26,27). The van der Waals surface area contributed by atoms with E-state index in [0.29, 0.717) is 97.0 Å². The van der Waals surface area contributed by atoms with Crippen molar-refractivity contribution in [2.75, 3.05) is 0 Å². The van der Waals surface area contributed by atoms with Crippen LogP contribution < -0.4 is 14.2 Å². The Morgan fingerprint density at radius 2 is 0.536 bits per heavy atom. The number of carboxylic acid groups (broad SMARTS) is 3. The third-order valence-corrected chi connectivity index (χ3v) is 13.5. The van der Waals surface area contributed by atoms with Crippen LogP contribution in [0.4, 0.5) is 0 Å². The van der Waals surface area contributed by atoms with Crippen molar-refractivity contribution >= 4 is 121 Å². The number of rotatable bonds is 15. The molecule has 0 aliphatic rings. The molecular weight excluding hydrogens is 1200 g/mol. The lowest BCUT2D eigenvalue weighted by Gasteiger charge is -2.18. The van der Waals surface area contributed by atoms with Crippen LogP contribution in [-0.2, 0) is 14.4 Å². The zero-order chi connectivity index (χ0) is 59.0. The molecule has 9 aromatic carbocycles. The summed E-state index contributed by atoms with van der Waals surface area (Å²) in [6, 6.07) is 56.1. The predicted octanol–water partition coefficient (Wildman–Crippen LogP) is 14.8. The van der Waals surface area contributed by atoms with E-state index in [9.17, 15) is 29.7 Å². The lowest BCUT2D eigenvalue weighted by molar-refractivity contribution is -0.146. The Morgan fingerprint density at radius 3 is 0.750 bits per heavy atom. The van der Waals surface area contributed by atoms with Crippen LogP contribution in [0.2, 0.25) is 30.1 Å². The zero-order valence-electron chi connectivity index (χ0n) is 42.9. The Balaban J connectivity index is 0.000000140. The summed E-state index contributed by atoms with van der Waals surface area (Å²) in [6.45, 7) is 0. The summed E-state index contributed by atoms with van der Waals surface area (Å²) in [7, 11) is 0.